The van der Waals surface area contributed by atoms with E-state index in [1.54, 1.807) is 45.0 Å². The number of hydrogen-bond acceptors (Lipinski definition) is 3. The molecular weight excluding hydrogens is 333 g/mol. The lowest BCUT2D eigenvalue weighted by molar-refractivity contribution is -0.159. The average molecular weight is 356 g/mol. The maximum absolute atomic E-state index is 13.7. The van der Waals surface area contributed by atoms with Crippen LogP contribution in [0.25, 0.3) is 0 Å². The third kappa shape index (κ3) is 3.28. The van der Waals surface area contributed by atoms with Crippen LogP contribution in [0.5, 0.6) is 0 Å². The van der Waals surface area contributed by atoms with Crippen LogP contribution in [0.2, 0.25) is 0 Å². The Morgan fingerprint density at radius 3 is 2.36 bits per heavy atom. The molecular formula is C18H23F3N2O2. The van der Waals surface area contributed by atoms with E-state index in [0.29, 0.717) is 11.3 Å². The average Bonchev–Trinajstić information content (AvgIpc) is 2.81. The molecule has 1 spiro atoms. The monoisotopic (exact) mass is 356 g/mol. The van der Waals surface area contributed by atoms with Crippen LogP contribution >= 0.6 is 0 Å². The zero-order valence-electron chi connectivity index (χ0n) is 14.6. The Kier molecular flexibility index (Phi) is 4.16. The number of alkyl halides is 3. The topological polar surface area (TPSA) is 41.6 Å². The largest absolute Gasteiger partial charge is 0.444 e. The summed E-state index contributed by atoms with van der Waals surface area (Å²) in [6, 6.07) is 5.31. The standard InChI is InChI=1S/C18H23F3N2O2/c1-16(2,3)25-15(24)23-10-8-17(9-11-23)12-6-4-5-7-13(12)22-14(17)18(19,20)21/h4-7,14,22H,8-11H2,1-3H3. The van der Waals surface area contributed by atoms with Crippen molar-refractivity contribution in [2.45, 2.75) is 56.8 Å². The van der Waals surface area contributed by atoms with E-state index < -0.39 is 29.3 Å². The second-order valence-electron chi connectivity index (χ2n) is 7.79. The Morgan fingerprint density at radius 2 is 1.80 bits per heavy atom. The third-order valence-electron chi connectivity index (χ3n) is 4.95. The van der Waals surface area contributed by atoms with Crippen LogP contribution in [0.1, 0.15) is 39.2 Å². The smallest absolute Gasteiger partial charge is 0.410 e. The third-order valence-corrected chi connectivity index (χ3v) is 4.95. The van der Waals surface area contributed by atoms with Gasteiger partial charge >= 0.3 is 12.3 Å². The summed E-state index contributed by atoms with van der Waals surface area (Å²) in [4.78, 5) is 13.7. The second-order valence-corrected chi connectivity index (χ2v) is 7.79. The van der Waals surface area contributed by atoms with Gasteiger partial charge in [-0.25, -0.2) is 4.79 Å². The first-order valence-electron chi connectivity index (χ1n) is 8.44. The normalized spacial score (nSPS) is 22.5. The first-order valence-corrected chi connectivity index (χ1v) is 8.44. The predicted octanol–water partition coefficient (Wildman–Crippen LogP) is 4.31. The number of carbonyl (C=O) groups is 1. The van der Waals surface area contributed by atoms with Gasteiger partial charge in [0.25, 0.3) is 0 Å². The van der Waals surface area contributed by atoms with Gasteiger partial charge in [0.1, 0.15) is 11.6 Å². The molecule has 138 valence electrons. The van der Waals surface area contributed by atoms with Crippen LogP contribution in [0, 0.1) is 0 Å². The summed E-state index contributed by atoms with van der Waals surface area (Å²) < 4.78 is 46.3. The fourth-order valence-electron chi connectivity index (χ4n) is 3.86. The minimum Gasteiger partial charge on any atom is -0.444 e. The van der Waals surface area contributed by atoms with E-state index in [2.05, 4.69) is 5.32 Å². The summed E-state index contributed by atoms with van der Waals surface area (Å²) in [7, 11) is 0. The number of para-hydroxylation sites is 1. The Morgan fingerprint density at radius 1 is 1.20 bits per heavy atom. The molecule has 2 heterocycles. The van der Waals surface area contributed by atoms with Crippen LogP contribution in [-0.2, 0) is 10.2 Å². The molecule has 1 unspecified atom stereocenters. The maximum Gasteiger partial charge on any atom is 0.410 e. The van der Waals surface area contributed by atoms with Gasteiger partial charge in [0, 0.05) is 24.2 Å². The van der Waals surface area contributed by atoms with E-state index in [1.165, 1.54) is 4.90 Å². The molecule has 2 aliphatic heterocycles. The van der Waals surface area contributed by atoms with Crippen molar-refractivity contribution in [3.05, 3.63) is 29.8 Å². The highest BCUT2D eigenvalue weighted by Gasteiger charge is 2.59. The van der Waals surface area contributed by atoms with Crippen molar-refractivity contribution in [2.75, 3.05) is 18.4 Å². The number of halogens is 3. The first-order chi connectivity index (χ1) is 11.5. The van der Waals surface area contributed by atoms with Gasteiger partial charge in [-0.15, -0.1) is 0 Å². The van der Waals surface area contributed by atoms with Crippen molar-refractivity contribution >= 4 is 11.8 Å². The highest BCUT2D eigenvalue weighted by molar-refractivity contribution is 5.69. The fourth-order valence-corrected chi connectivity index (χ4v) is 3.86. The van der Waals surface area contributed by atoms with Crippen LogP contribution in [0.3, 0.4) is 0 Å². The van der Waals surface area contributed by atoms with E-state index in [0.717, 1.165) is 0 Å². The minimum atomic E-state index is -4.35. The van der Waals surface area contributed by atoms with Gasteiger partial charge in [-0.05, 0) is 45.2 Å². The summed E-state index contributed by atoms with van der Waals surface area (Å²) in [5, 5.41) is 2.66. The number of ether oxygens (including phenoxy) is 1. The van der Waals surface area contributed by atoms with E-state index in [-0.39, 0.29) is 25.9 Å². The molecule has 1 aromatic carbocycles. The van der Waals surface area contributed by atoms with E-state index in [1.807, 2.05) is 0 Å². The number of likely N-dealkylation sites (tertiary alicyclic amines) is 1. The van der Waals surface area contributed by atoms with Crippen molar-refractivity contribution in [3.63, 3.8) is 0 Å². The van der Waals surface area contributed by atoms with Crippen molar-refractivity contribution in [1.29, 1.82) is 0 Å². The molecule has 1 fully saturated rings. The Balaban J connectivity index is 1.83. The lowest BCUT2D eigenvalue weighted by Crippen LogP contribution is -2.55. The second kappa shape index (κ2) is 5.81. The molecule has 1 aromatic rings. The van der Waals surface area contributed by atoms with Crippen molar-refractivity contribution < 1.29 is 22.7 Å². The van der Waals surface area contributed by atoms with Crippen molar-refractivity contribution in [2.24, 2.45) is 0 Å². The number of hydrogen-bond donors (Lipinski definition) is 1. The number of anilines is 1. The molecule has 4 nitrogen and oxygen atoms in total. The van der Waals surface area contributed by atoms with E-state index in [9.17, 15) is 18.0 Å². The molecule has 25 heavy (non-hydrogen) atoms. The van der Waals surface area contributed by atoms with Crippen molar-refractivity contribution in [3.8, 4) is 0 Å². The van der Waals surface area contributed by atoms with Gasteiger partial charge < -0.3 is 15.0 Å². The zero-order chi connectivity index (χ0) is 18.5. The SMILES string of the molecule is CC(C)(C)OC(=O)N1CCC2(CC1)c1ccccc1NC2C(F)(F)F. The minimum absolute atomic E-state index is 0.248. The number of rotatable bonds is 0. The Labute approximate surface area is 145 Å². The predicted molar refractivity (Wildman–Crippen MR) is 88.6 cm³/mol. The molecule has 1 amide bonds. The van der Waals surface area contributed by atoms with E-state index >= 15 is 0 Å². The summed E-state index contributed by atoms with van der Waals surface area (Å²) in [5.41, 5.74) is -0.424. The maximum atomic E-state index is 13.7. The molecule has 1 atom stereocenters. The van der Waals surface area contributed by atoms with Crippen LogP contribution in [0.15, 0.2) is 24.3 Å². The number of amides is 1. The number of nitrogens with zero attached hydrogens (tertiary/aromatic N) is 1. The van der Waals surface area contributed by atoms with Crippen molar-refractivity contribution in [1.82, 2.24) is 4.90 Å². The molecule has 0 aromatic heterocycles. The molecule has 0 aliphatic carbocycles. The molecule has 1 N–H and O–H groups in total. The molecule has 7 heteroatoms. The first kappa shape index (κ1) is 17.9. The van der Waals surface area contributed by atoms with Gasteiger partial charge in [0.15, 0.2) is 0 Å². The summed E-state index contributed by atoms with van der Waals surface area (Å²) >= 11 is 0. The van der Waals surface area contributed by atoms with Crippen LogP contribution in [-0.4, -0.2) is 41.9 Å². The Bertz CT molecular complexity index is 659. The van der Waals surface area contributed by atoms with Gasteiger partial charge in [0.2, 0.25) is 0 Å². The quantitative estimate of drug-likeness (QED) is 0.753. The van der Waals surface area contributed by atoms with Gasteiger partial charge in [-0.3, -0.25) is 0 Å². The molecule has 1 saturated heterocycles. The molecule has 0 radical (unpaired) electrons. The fraction of sp³-hybridized carbons (Fsp3) is 0.611. The lowest BCUT2D eigenvalue weighted by atomic mass is 9.69. The number of nitrogens with one attached hydrogen (secondary N) is 1. The molecule has 3 rings (SSSR count). The summed E-state index contributed by atoms with van der Waals surface area (Å²) in [6.07, 6.45) is -4.32. The van der Waals surface area contributed by atoms with Gasteiger partial charge in [-0.2, -0.15) is 13.2 Å². The molecule has 0 bridgehead atoms. The van der Waals surface area contributed by atoms with Crippen LogP contribution < -0.4 is 5.32 Å². The summed E-state index contributed by atoms with van der Waals surface area (Å²) in [6.45, 7) is 5.81. The molecule has 2 aliphatic rings. The molecule has 0 saturated carbocycles. The highest BCUT2D eigenvalue weighted by Crippen LogP contribution is 2.52. The number of benzene rings is 1. The summed E-state index contributed by atoms with van der Waals surface area (Å²) in [5.74, 6) is 0. The Hall–Kier alpha value is -1.92. The number of fused-ring (bicyclic) bond motifs is 2. The van der Waals surface area contributed by atoms with Gasteiger partial charge in [0.05, 0.1) is 0 Å². The highest BCUT2D eigenvalue weighted by atomic mass is 19.4. The lowest BCUT2D eigenvalue weighted by Gasteiger charge is -2.43. The number of piperidine rings is 1. The number of carbonyl (C=O) groups excluding carboxylic acids is 1. The van der Waals surface area contributed by atoms with Gasteiger partial charge in [-0.1, -0.05) is 18.2 Å². The van der Waals surface area contributed by atoms with Crippen LogP contribution in [0.4, 0.5) is 23.7 Å². The van der Waals surface area contributed by atoms with E-state index in [4.69, 9.17) is 4.74 Å². The zero-order valence-corrected chi connectivity index (χ0v) is 14.6.